The van der Waals surface area contributed by atoms with Crippen molar-refractivity contribution in [2.24, 2.45) is 11.8 Å². The predicted octanol–water partition coefficient (Wildman–Crippen LogP) is 5.93. The zero-order valence-corrected chi connectivity index (χ0v) is 22.8. The average molecular weight is 565 g/mol. The Bertz CT molecular complexity index is 1390. The van der Waals surface area contributed by atoms with E-state index in [1.165, 1.54) is 23.1 Å². The third-order valence-electron chi connectivity index (χ3n) is 6.17. The molecule has 0 radical (unpaired) electrons. The first-order valence-corrected chi connectivity index (χ1v) is 14.3. The maximum atomic E-state index is 12.8. The molecule has 2 unspecified atom stereocenters. The van der Waals surface area contributed by atoms with E-state index in [4.69, 9.17) is 4.74 Å². The Morgan fingerprint density at radius 1 is 1.00 bits per heavy atom. The molecule has 2 atom stereocenters. The zero-order valence-electron chi connectivity index (χ0n) is 21.2. The first-order valence-electron chi connectivity index (χ1n) is 12.4. The lowest BCUT2D eigenvalue weighted by atomic mass is 9.82. The van der Waals surface area contributed by atoms with Gasteiger partial charge in [-0.15, -0.1) is 23.1 Å². The van der Waals surface area contributed by atoms with E-state index < -0.39 is 23.8 Å². The second-order valence-corrected chi connectivity index (χ2v) is 10.7. The number of ether oxygens (including phenoxy) is 1. The van der Waals surface area contributed by atoms with Crippen molar-refractivity contribution >= 4 is 57.5 Å². The SMILES string of the molecule is CCOC(=O)c1c(-c2ccccc2)csc1NC(=O)CSc1cccc(NC(=O)C2CC=CCC2C(=O)O)c1. The maximum Gasteiger partial charge on any atom is 0.341 e. The third kappa shape index (κ3) is 7.15. The molecule has 2 aromatic carbocycles. The maximum absolute atomic E-state index is 12.8. The van der Waals surface area contributed by atoms with Gasteiger partial charge in [-0.1, -0.05) is 48.6 Å². The number of amides is 2. The number of hydrogen-bond donors (Lipinski definition) is 3. The molecular formula is C29H28N2O6S2. The largest absolute Gasteiger partial charge is 0.481 e. The normalized spacial score (nSPS) is 16.3. The number of carboxylic acids is 1. The van der Waals surface area contributed by atoms with Crippen LogP contribution < -0.4 is 10.6 Å². The summed E-state index contributed by atoms with van der Waals surface area (Å²) in [6.45, 7) is 1.95. The zero-order chi connectivity index (χ0) is 27.8. The number of thiophene rings is 1. The number of carboxylic acid groups (broad SMARTS) is 1. The molecular weight excluding hydrogens is 536 g/mol. The van der Waals surface area contributed by atoms with Gasteiger partial charge < -0.3 is 20.5 Å². The van der Waals surface area contributed by atoms with Crippen molar-refractivity contribution in [3.8, 4) is 11.1 Å². The minimum absolute atomic E-state index is 0.0761. The van der Waals surface area contributed by atoms with E-state index in [0.29, 0.717) is 34.7 Å². The van der Waals surface area contributed by atoms with E-state index in [0.717, 1.165) is 10.5 Å². The highest BCUT2D eigenvalue weighted by molar-refractivity contribution is 8.00. The van der Waals surface area contributed by atoms with Gasteiger partial charge in [0.1, 0.15) is 10.6 Å². The minimum Gasteiger partial charge on any atom is -0.481 e. The quantitative estimate of drug-likeness (QED) is 0.159. The predicted molar refractivity (Wildman–Crippen MR) is 153 cm³/mol. The van der Waals surface area contributed by atoms with Crippen LogP contribution in [0.5, 0.6) is 0 Å². The molecule has 1 aromatic heterocycles. The Kier molecular flexibility index (Phi) is 9.56. The van der Waals surface area contributed by atoms with E-state index in [9.17, 15) is 24.3 Å². The molecule has 4 rings (SSSR count). The fourth-order valence-corrected chi connectivity index (χ4v) is 6.00. The van der Waals surface area contributed by atoms with Crippen molar-refractivity contribution < 1.29 is 29.0 Å². The third-order valence-corrected chi connectivity index (χ3v) is 8.06. The van der Waals surface area contributed by atoms with Crippen LogP contribution in [0.2, 0.25) is 0 Å². The Morgan fingerprint density at radius 2 is 1.74 bits per heavy atom. The second kappa shape index (κ2) is 13.3. The lowest BCUT2D eigenvalue weighted by Crippen LogP contribution is -2.34. The molecule has 0 aliphatic heterocycles. The number of benzene rings is 2. The molecule has 0 saturated carbocycles. The van der Waals surface area contributed by atoms with E-state index in [1.807, 2.05) is 47.9 Å². The number of thioether (sulfide) groups is 1. The summed E-state index contributed by atoms with van der Waals surface area (Å²) in [5.41, 5.74) is 2.40. The average Bonchev–Trinajstić information content (AvgIpc) is 3.36. The molecule has 0 spiro atoms. The van der Waals surface area contributed by atoms with E-state index >= 15 is 0 Å². The molecule has 2 amide bonds. The highest BCUT2D eigenvalue weighted by Gasteiger charge is 2.34. The van der Waals surface area contributed by atoms with Gasteiger partial charge in [-0.05, 0) is 43.5 Å². The van der Waals surface area contributed by atoms with Crippen LogP contribution in [0.15, 0.2) is 77.0 Å². The summed E-state index contributed by atoms with van der Waals surface area (Å²) in [7, 11) is 0. The van der Waals surface area contributed by atoms with Crippen molar-refractivity contribution in [1.29, 1.82) is 0 Å². The Hall–Kier alpha value is -3.89. The number of nitrogens with one attached hydrogen (secondary N) is 2. The topological polar surface area (TPSA) is 122 Å². The van der Waals surface area contributed by atoms with Gasteiger partial charge in [-0.3, -0.25) is 14.4 Å². The minimum atomic E-state index is -0.984. The van der Waals surface area contributed by atoms with Crippen LogP contribution in [0.25, 0.3) is 11.1 Å². The lowest BCUT2D eigenvalue weighted by molar-refractivity contribution is -0.146. The number of carbonyl (C=O) groups is 4. The number of aliphatic carboxylic acids is 1. The molecule has 3 N–H and O–H groups in total. The molecule has 1 aliphatic rings. The van der Waals surface area contributed by atoms with Gasteiger partial charge in [-0.25, -0.2) is 4.79 Å². The van der Waals surface area contributed by atoms with Crippen molar-refractivity contribution in [2.75, 3.05) is 23.0 Å². The Balaban J connectivity index is 1.40. The van der Waals surface area contributed by atoms with Gasteiger partial charge in [0.25, 0.3) is 0 Å². The van der Waals surface area contributed by atoms with Gasteiger partial charge in [0.15, 0.2) is 0 Å². The van der Waals surface area contributed by atoms with Gasteiger partial charge >= 0.3 is 11.9 Å². The first-order chi connectivity index (χ1) is 18.9. The van der Waals surface area contributed by atoms with E-state index in [-0.39, 0.29) is 24.2 Å². The van der Waals surface area contributed by atoms with E-state index in [1.54, 1.807) is 31.2 Å². The number of hydrogen-bond acceptors (Lipinski definition) is 7. The number of anilines is 2. The van der Waals surface area contributed by atoms with E-state index in [2.05, 4.69) is 10.6 Å². The smallest absolute Gasteiger partial charge is 0.341 e. The van der Waals surface area contributed by atoms with Crippen molar-refractivity contribution in [2.45, 2.75) is 24.7 Å². The van der Waals surface area contributed by atoms with Gasteiger partial charge in [0.2, 0.25) is 11.8 Å². The summed E-state index contributed by atoms with van der Waals surface area (Å²) < 4.78 is 5.25. The molecule has 3 aromatic rings. The molecule has 0 bridgehead atoms. The van der Waals surface area contributed by atoms with Crippen molar-refractivity contribution in [3.63, 3.8) is 0 Å². The van der Waals surface area contributed by atoms with Crippen LogP contribution >= 0.6 is 23.1 Å². The van der Waals surface area contributed by atoms with Crippen LogP contribution in [0.3, 0.4) is 0 Å². The van der Waals surface area contributed by atoms with Gasteiger partial charge in [0.05, 0.1) is 24.2 Å². The first kappa shape index (κ1) is 28.1. The summed E-state index contributed by atoms with van der Waals surface area (Å²) in [5.74, 6) is -3.44. The molecule has 8 nitrogen and oxygen atoms in total. The summed E-state index contributed by atoms with van der Waals surface area (Å²) in [4.78, 5) is 50.6. The summed E-state index contributed by atoms with van der Waals surface area (Å²) in [5, 5.41) is 17.4. The van der Waals surface area contributed by atoms with Crippen molar-refractivity contribution in [1.82, 2.24) is 0 Å². The van der Waals surface area contributed by atoms with Crippen LogP contribution in [-0.2, 0) is 19.1 Å². The van der Waals surface area contributed by atoms with Crippen LogP contribution in [-0.4, -0.2) is 41.2 Å². The Morgan fingerprint density at radius 3 is 2.46 bits per heavy atom. The Labute approximate surface area is 234 Å². The number of allylic oxidation sites excluding steroid dienone is 2. The van der Waals surface area contributed by atoms with Crippen LogP contribution in [0.4, 0.5) is 10.7 Å². The highest BCUT2D eigenvalue weighted by Crippen LogP contribution is 2.36. The van der Waals surface area contributed by atoms with Gasteiger partial charge in [-0.2, -0.15) is 0 Å². The molecule has 10 heteroatoms. The number of carbonyl (C=O) groups excluding carboxylic acids is 3. The molecule has 39 heavy (non-hydrogen) atoms. The molecule has 202 valence electrons. The molecule has 1 aliphatic carbocycles. The van der Waals surface area contributed by atoms with Gasteiger partial charge in [0, 0.05) is 21.5 Å². The van der Waals surface area contributed by atoms with Crippen LogP contribution in [0, 0.1) is 11.8 Å². The van der Waals surface area contributed by atoms with Crippen molar-refractivity contribution in [3.05, 3.63) is 77.7 Å². The lowest BCUT2D eigenvalue weighted by Gasteiger charge is -2.24. The second-order valence-electron chi connectivity index (χ2n) is 8.79. The summed E-state index contributed by atoms with van der Waals surface area (Å²) in [6.07, 6.45) is 4.32. The highest BCUT2D eigenvalue weighted by atomic mass is 32.2. The standard InChI is InChI=1S/C29H28N2O6S2/c1-2-37-29(36)25-23(18-9-4-3-5-10-18)16-39-27(25)31-24(32)17-38-20-12-8-11-19(15-20)30-26(33)21-13-6-7-14-22(21)28(34)35/h3-12,15-16,21-22H,2,13-14,17H2,1H3,(H,30,33)(H,31,32)(H,34,35). The summed E-state index contributed by atoms with van der Waals surface area (Å²) in [6, 6.07) is 16.5. The number of esters is 1. The number of rotatable bonds is 10. The monoisotopic (exact) mass is 564 g/mol. The fourth-order valence-electron chi connectivity index (χ4n) is 4.27. The molecule has 0 saturated heterocycles. The summed E-state index contributed by atoms with van der Waals surface area (Å²) >= 11 is 2.54. The fraction of sp³-hybridized carbons (Fsp3) is 0.241. The molecule has 1 heterocycles. The van der Waals surface area contributed by atoms with Crippen LogP contribution in [0.1, 0.15) is 30.1 Å². The molecule has 0 fully saturated rings.